The number of hydrogen-bond donors (Lipinski definition) is 1. The summed E-state index contributed by atoms with van der Waals surface area (Å²) >= 11 is 6.25. The fraction of sp³-hybridized carbons (Fsp3) is 0.276. The predicted octanol–water partition coefficient (Wildman–Crippen LogP) is 6.13. The van der Waals surface area contributed by atoms with E-state index in [1.54, 1.807) is 45.2 Å². The quantitative estimate of drug-likeness (QED) is 0.228. The summed E-state index contributed by atoms with van der Waals surface area (Å²) in [4.78, 5) is 12.0. The fourth-order valence-corrected chi connectivity index (χ4v) is 5.77. The summed E-state index contributed by atoms with van der Waals surface area (Å²) in [5, 5.41) is 1.34. The Labute approximate surface area is 232 Å². The molecule has 0 saturated carbocycles. The Hall–Kier alpha value is -3.53. The summed E-state index contributed by atoms with van der Waals surface area (Å²) in [6, 6.07) is 16.4. The zero-order chi connectivity index (χ0) is 28.3. The normalized spacial score (nSPS) is 12.5. The molecule has 0 bridgehead atoms. The Morgan fingerprint density at radius 2 is 1.59 bits per heavy atom. The predicted molar refractivity (Wildman–Crippen MR) is 150 cm³/mol. The van der Waals surface area contributed by atoms with Crippen molar-refractivity contribution in [3.05, 3.63) is 77.0 Å². The van der Waals surface area contributed by atoms with Gasteiger partial charge in [-0.15, -0.1) is 0 Å². The van der Waals surface area contributed by atoms with E-state index < -0.39 is 22.0 Å². The minimum Gasteiger partial charge on any atom is -0.494 e. The van der Waals surface area contributed by atoms with Gasteiger partial charge in [-0.25, -0.2) is 8.42 Å². The van der Waals surface area contributed by atoms with Gasteiger partial charge in [-0.05, 0) is 60.4 Å². The summed E-state index contributed by atoms with van der Waals surface area (Å²) < 4.78 is 50.2. The maximum atomic E-state index is 12.8. The molecule has 1 atom stereocenters. The van der Waals surface area contributed by atoms with E-state index in [9.17, 15) is 13.2 Å². The van der Waals surface area contributed by atoms with Crippen molar-refractivity contribution in [2.75, 3.05) is 14.2 Å². The van der Waals surface area contributed by atoms with Crippen molar-refractivity contribution in [1.82, 2.24) is 4.72 Å². The van der Waals surface area contributed by atoms with Gasteiger partial charge in [0.2, 0.25) is 10.0 Å². The van der Waals surface area contributed by atoms with Gasteiger partial charge < -0.3 is 18.6 Å². The highest BCUT2D eigenvalue weighted by Crippen LogP contribution is 2.38. The molecule has 0 saturated heterocycles. The van der Waals surface area contributed by atoms with Crippen LogP contribution in [-0.2, 0) is 26.2 Å². The van der Waals surface area contributed by atoms with Gasteiger partial charge in [0.25, 0.3) is 0 Å². The van der Waals surface area contributed by atoms with E-state index >= 15 is 0 Å². The van der Waals surface area contributed by atoms with E-state index in [4.69, 9.17) is 30.2 Å². The highest BCUT2D eigenvalue weighted by molar-refractivity contribution is 7.89. The van der Waals surface area contributed by atoms with E-state index in [1.807, 2.05) is 31.2 Å². The lowest BCUT2D eigenvalue weighted by Crippen LogP contribution is -2.44. The zero-order valence-corrected chi connectivity index (χ0v) is 23.9. The number of sulfonamides is 1. The number of carbonyl (C=O) groups excluding carboxylic acids is 1. The van der Waals surface area contributed by atoms with E-state index in [0.717, 1.165) is 22.1 Å². The van der Waals surface area contributed by atoms with Crippen LogP contribution < -0.4 is 14.2 Å². The number of furan rings is 1. The molecular weight excluding hydrogens is 542 g/mol. The standard InChI is InChI=1S/C29H30ClNO7S/c1-17(2)27(29(32)36-5)31-39(33,34)22-12-8-20(9-13-22)19-6-10-21(11-7-19)37-16-25-18(3)26-24(38-25)15-14-23(30)28(26)35-4/h6-15,17,27,31H,16H2,1-5H3/t27-/m0/s1. The lowest BCUT2D eigenvalue weighted by Gasteiger charge is -2.19. The molecule has 0 spiro atoms. The number of ether oxygens (including phenoxy) is 3. The highest BCUT2D eigenvalue weighted by Gasteiger charge is 2.29. The first-order chi connectivity index (χ1) is 18.6. The Morgan fingerprint density at radius 3 is 2.15 bits per heavy atom. The molecule has 0 radical (unpaired) electrons. The summed E-state index contributed by atoms with van der Waals surface area (Å²) in [7, 11) is -1.12. The Balaban J connectivity index is 1.45. The molecule has 0 unspecified atom stereocenters. The first-order valence-corrected chi connectivity index (χ1v) is 14.1. The van der Waals surface area contributed by atoms with Crippen LogP contribution in [0.25, 0.3) is 22.1 Å². The first-order valence-electron chi connectivity index (χ1n) is 12.2. The van der Waals surface area contributed by atoms with Gasteiger partial charge in [-0.3, -0.25) is 4.79 Å². The third-order valence-corrected chi connectivity index (χ3v) is 8.18. The van der Waals surface area contributed by atoms with Crippen molar-refractivity contribution in [2.45, 2.75) is 38.3 Å². The number of hydrogen-bond acceptors (Lipinski definition) is 7. The SMILES string of the molecule is COC(=O)[C@@H](NS(=O)(=O)c1ccc(-c2ccc(OCc3oc4ccc(Cl)c(OC)c4c3C)cc2)cc1)C(C)C. The minimum absolute atomic E-state index is 0.0554. The average Bonchev–Trinajstić information content (AvgIpc) is 3.25. The molecule has 0 aliphatic rings. The molecule has 0 amide bonds. The van der Waals surface area contributed by atoms with Crippen LogP contribution >= 0.6 is 11.6 Å². The maximum Gasteiger partial charge on any atom is 0.324 e. The van der Waals surface area contributed by atoms with Gasteiger partial charge >= 0.3 is 5.97 Å². The molecular formula is C29H30ClNO7S. The molecule has 1 N–H and O–H groups in total. The van der Waals surface area contributed by atoms with Crippen molar-refractivity contribution >= 4 is 38.6 Å². The van der Waals surface area contributed by atoms with Crippen LogP contribution in [0, 0.1) is 12.8 Å². The van der Waals surface area contributed by atoms with Crippen molar-refractivity contribution < 1.29 is 31.8 Å². The van der Waals surface area contributed by atoms with Crippen LogP contribution in [0.2, 0.25) is 5.02 Å². The molecule has 8 nitrogen and oxygen atoms in total. The molecule has 0 fully saturated rings. The summed E-state index contributed by atoms with van der Waals surface area (Å²) in [6.07, 6.45) is 0. The van der Waals surface area contributed by atoms with Crippen molar-refractivity contribution in [2.24, 2.45) is 5.92 Å². The molecule has 4 aromatic rings. The lowest BCUT2D eigenvalue weighted by molar-refractivity contribution is -0.143. The Morgan fingerprint density at radius 1 is 0.974 bits per heavy atom. The third-order valence-electron chi connectivity index (χ3n) is 6.43. The zero-order valence-electron chi connectivity index (χ0n) is 22.3. The maximum absolute atomic E-state index is 12.8. The number of halogens is 1. The second-order valence-electron chi connectivity index (χ2n) is 9.31. The first kappa shape index (κ1) is 28.5. The number of methoxy groups -OCH3 is 2. The molecule has 1 heterocycles. The van der Waals surface area contributed by atoms with Crippen LogP contribution in [0.15, 0.2) is 70.0 Å². The Bertz CT molecular complexity index is 1580. The molecule has 4 rings (SSSR count). The highest BCUT2D eigenvalue weighted by atomic mass is 35.5. The third kappa shape index (κ3) is 6.06. The largest absolute Gasteiger partial charge is 0.494 e. The van der Waals surface area contributed by atoms with Gasteiger partial charge in [0.15, 0.2) is 0 Å². The van der Waals surface area contributed by atoms with E-state index in [2.05, 4.69) is 4.72 Å². The van der Waals surface area contributed by atoms with Crippen molar-refractivity contribution in [3.63, 3.8) is 0 Å². The van der Waals surface area contributed by atoms with Crippen molar-refractivity contribution in [3.8, 4) is 22.6 Å². The number of aryl methyl sites for hydroxylation is 1. The van der Waals surface area contributed by atoms with Crippen LogP contribution in [0.5, 0.6) is 11.5 Å². The summed E-state index contributed by atoms with van der Waals surface area (Å²) in [5.41, 5.74) is 3.28. The van der Waals surface area contributed by atoms with Gasteiger partial charge in [-0.2, -0.15) is 4.72 Å². The average molecular weight is 572 g/mol. The fourth-order valence-electron chi connectivity index (χ4n) is 4.20. The minimum atomic E-state index is -3.91. The lowest BCUT2D eigenvalue weighted by atomic mass is 10.1. The number of carbonyl (C=O) groups is 1. The van der Waals surface area contributed by atoms with Crippen LogP contribution in [0.4, 0.5) is 0 Å². The number of fused-ring (bicyclic) bond motifs is 1. The van der Waals surface area contributed by atoms with Crippen molar-refractivity contribution in [1.29, 1.82) is 0 Å². The topological polar surface area (TPSA) is 104 Å². The summed E-state index contributed by atoms with van der Waals surface area (Å²) in [5.74, 6) is 0.988. The van der Waals surface area contributed by atoms with Crippen LogP contribution in [0.3, 0.4) is 0 Å². The van der Waals surface area contributed by atoms with Gasteiger partial charge in [-0.1, -0.05) is 49.7 Å². The molecule has 0 aliphatic heterocycles. The van der Waals surface area contributed by atoms with Gasteiger partial charge in [0.05, 0.1) is 29.5 Å². The van der Waals surface area contributed by atoms with E-state index in [-0.39, 0.29) is 17.4 Å². The number of benzene rings is 3. The van der Waals surface area contributed by atoms with Crippen LogP contribution in [0.1, 0.15) is 25.2 Å². The molecule has 3 aromatic carbocycles. The Kier molecular flexibility index (Phi) is 8.54. The van der Waals surface area contributed by atoms with Gasteiger partial charge in [0.1, 0.15) is 35.5 Å². The second-order valence-corrected chi connectivity index (χ2v) is 11.4. The number of nitrogens with one attached hydrogen (secondary N) is 1. The molecule has 39 heavy (non-hydrogen) atoms. The monoisotopic (exact) mass is 571 g/mol. The smallest absolute Gasteiger partial charge is 0.324 e. The van der Waals surface area contributed by atoms with Gasteiger partial charge in [0, 0.05) is 5.56 Å². The summed E-state index contributed by atoms with van der Waals surface area (Å²) in [6.45, 7) is 5.64. The number of rotatable bonds is 10. The molecule has 0 aliphatic carbocycles. The second kappa shape index (κ2) is 11.7. The van der Waals surface area contributed by atoms with E-state index in [0.29, 0.717) is 27.9 Å². The molecule has 1 aromatic heterocycles. The molecule has 206 valence electrons. The van der Waals surface area contributed by atoms with Crippen LogP contribution in [-0.4, -0.2) is 34.6 Å². The number of esters is 1. The molecule has 10 heteroatoms. The van der Waals surface area contributed by atoms with E-state index in [1.165, 1.54) is 19.2 Å².